The molecule has 110 valence electrons. The van der Waals surface area contributed by atoms with E-state index < -0.39 is 18.2 Å². The van der Waals surface area contributed by atoms with Gasteiger partial charge in [-0.3, -0.25) is 0 Å². The molecule has 1 aromatic rings. The number of nitrogens with zero attached hydrogens (tertiary/aromatic N) is 1. The summed E-state index contributed by atoms with van der Waals surface area (Å²) in [7, 11) is 3.09. The number of aliphatic hydroxyl groups is 1. The van der Waals surface area contributed by atoms with E-state index in [1.54, 1.807) is 38.4 Å². The molecule has 0 fully saturated rings. The van der Waals surface area contributed by atoms with Crippen molar-refractivity contribution >= 4 is 12.2 Å². The lowest BCUT2D eigenvalue weighted by Crippen LogP contribution is -2.29. The molecular formula is C13H18N2O5. The second-order valence-electron chi connectivity index (χ2n) is 4.31. The van der Waals surface area contributed by atoms with E-state index in [4.69, 9.17) is 14.9 Å². The summed E-state index contributed by atoms with van der Waals surface area (Å²) in [5, 5.41) is 20.1. The Labute approximate surface area is 116 Å². The van der Waals surface area contributed by atoms with Crippen LogP contribution in [-0.4, -0.2) is 48.0 Å². The van der Waals surface area contributed by atoms with Gasteiger partial charge in [0.2, 0.25) is 0 Å². The highest BCUT2D eigenvalue weighted by molar-refractivity contribution is 5.71. The number of hydrogen-bond acceptors (Lipinski definition) is 4. The number of rotatable bonds is 5. The molecule has 1 rings (SSSR count). The largest absolute Gasteiger partial charge is 0.465 e. The first-order chi connectivity index (χ1) is 9.45. The van der Waals surface area contributed by atoms with Crippen LogP contribution in [0.1, 0.15) is 18.0 Å². The van der Waals surface area contributed by atoms with Crippen molar-refractivity contribution < 1.29 is 24.5 Å². The Morgan fingerprint density at radius 2 is 2.00 bits per heavy atom. The van der Waals surface area contributed by atoms with Gasteiger partial charge in [0, 0.05) is 26.3 Å². The number of amides is 2. The first-order valence-electron chi connectivity index (χ1n) is 6.04. The van der Waals surface area contributed by atoms with Crippen LogP contribution >= 0.6 is 0 Å². The third-order valence-electron chi connectivity index (χ3n) is 2.57. The molecule has 3 N–H and O–H groups in total. The highest BCUT2D eigenvalue weighted by Gasteiger charge is 2.19. The summed E-state index contributed by atoms with van der Waals surface area (Å²) in [6.45, 7) is -0.194. The maximum Gasteiger partial charge on any atom is 0.414 e. The topological polar surface area (TPSA) is 99.1 Å². The average Bonchev–Trinajstić information content (AvgIpc) is 2.38. The molecule has 1 aromatic carbocycles. The Balaban J connectivity index is 3.02. The van der Waals surface area contributed by atoms with Crippen LogP contribution in [0.25, 0.3) is 0 Å². The summed E-state index contributed by atoms with van der Waals surface area (Å²) in [5.41, 5.74) is 0.499. The molecule has 0 aliphatic heterocycles. The number of para-hydroxylation sites is 1. The summed E-state index contributed by atoms with van der Waals surface area (Å²) in [6, 6.07) is 5.96. The molecule has 7 nitrogen and oxygen atoms in total. The van der Waals surface area contributed by atoms with Crippen molar-refractivity contribution in [1.29, 1.82) is 0 Å². The van der Waals surface area contributed by atoms with Crippen LogP contribution in [0, 0.1) is 0 Å². The number of carbonyl (C=O) groups is 2. The van der Waals surface area contributed by atoms with Crippen LogP contribution in [0.4, 0.5) is 9.59 Å². The molecule has 2 amide bonds. The molecule has 0 heterocycles. The van der Waals surface area contributed by atoms with Gasteiger partial charge < -0.3 is 25.2 Å². The second kappa shape index (κ2) is 7.34. The fourth-order valence-corrected chi connectivity index (χ4v) is 1.63. The van der Waals surface area contributed by atoms with Gasteiger partial charge in [-0.1, -0.05) is 18.2 Å². The van der Waals surface area contributed by atoms with Gasteiger partial charge >= 0.3 is 12.2 Å². The molecule has 1 atom stereocenters. The van der Waals surface area contributed by atoms with Crippen molar-refractivity contribution in [3.63, 3.8) is 0 Å². The van der Waals surface area contributed by atoms with Gasteiger partial charge in [-0.25, -0.2) is 9.59 Å². The van der Waals surface area contributed by atoms with Crippen LogP contribution in [0.3, 0.4) is 0 Å². The Hall–Kier alpha value is -2.28. The molecule has 0 spiro atoms. The minimum absolute atomic E-state index is 0.183. The maximum absolute atomic E-state index is 11.6. The quantitative estimate of drug-likeness (QED) is 0.759. The Morgan fingerprint density at radius 1 is 1.35 bits per heavy atom. The smallest absolute Gasteiger partial charge is 0.414 e. The van der Waals surface area contributed by atoms with Crippen molar-refractivity contribution in [2.24, 2.45) is 0 Å². The molecule has 0 radical (unpaired) electrons. The van der Waals surface area contributed by atoms with E-state index in [0.717, 1.165) is 0 Å². The fourth-order valence-electron chi connectivity index (χ4n) is 1.63. The normalized spacial score (nSPS) is 11.6. The van der Waals surface area contributed by atoms with Crippen molar-refractivity contribution in [3.8, 4) is 5.75 Å². The predicted octanol–water partition coefficient (Wildman–Crippen LogP) is 1.44. The average molecular weight is 282 g/mol. The number of carbonyl (C=O) groups excluding carboxylic acids is 1. The monoisotopic (exact) mass is 282 g/mol. The van der Waals surface area contributed by atoms with Crippen molar-refractivity contribution in [1.82, 2.24) is 10.2 Å². The number of nitrogens with one attached hydrogen (secondary N) is 1. The first kappa shape index (κ1) is 15.8. The van der Waals surface area contributed by atoms with Gasteiger partial charge in [0.25, 0.3) is 0 Å². The van der Waals surface area contributed by atoms with E-state index in [1.807, 2.05) is 0 Å². The lowest BCUT2D eigenvalue weighted by atomic mass is 10.0. The lowest BCUT2D eigenvalue weighted by molar-refractivity contribution is 0.170. The summed E-state index contributed by atoms with van der Waals surface area (Å²) < 4.78 is 5.19. The number of aliphatic hydroxyl groups excluding tert-OH is 1. The minimum Gasteiger partial charge on any atom is -0.465 e. The number of benzene rings is 1. The number of ether oxygens (including phenoxy) is 1. The Morgan fingerprint density at radius 3 is 2.55 bits per heavy atom. The van der Waals surface area contributed by atoms with Crippen LogP contribution in [0.2, 0.25) is 0 Å². The van der Waals surface area contributed by atoms with E-state index >= 15 is 0 Å². The standard InChI is InChI=1S/C13H18N2O5/c1-15(2)13(19)20-11-6-4-3-5-9(11)10(7-8-16)14-12(17)18/h3-6,10,14,16H,7-8H2,1-2H3,(H,17,18). The zero-order chi connectivity index (χ0) is 15.1. The Bertz CT molecular complexity index is 476. The molecule has 20 heavy (non-hydrogen) atoms. The van der Waals surface area contributed by atoms with E-state index in [9.17, 15) is 9.59 Å². The summed E-state index contributed by atoms with van der Waals surface area (Å²) in [4.78, 5) is 23.6. The van der Waals surface area contributed by atoms with Crippen molar-refractivity contribution in [2.75, 3.05) is 20.7 Å². The molecule has 0 aliphatic carbocycles. The molecule has 0 saturated heterocycles. The van der Waals surface area contributed by atoms with Gasteiger partial charge in [-0.2, -0.15) is 0 Å². The zero-order valence-electron chi connectivity index (χ0n) is 11.4. The molecule has 1 unspecified atom stereocenters. The molecule has 0 saturated carbocycles. The van der Waals surface area contributed by atoms with Gasteiger partial charge in [0.15, 0.2) is 0 Å². The Kier molecular flexibility index (Phi) is 5.79. The van der Waals surface area contributed by atoms with Gasteiger partial charge in [0.05, 0.1) is 6.04 Å². The van der Waals surface area contributed by atoms with Crippen LogP contribution in [-0.2, 0) is 0 Å². The fraction of sp³-hybridized carbons (Fsp3) is 0.385. The lowest BCUT2D eigenvalue weighted by Gasteiger charge is -2.20. The van der Waals surface area contributed by atoms with Crippen LogP contribution in [0.5, 0.6) is 5.75 Å². The maximum atomic E-state index is 11.6. The number of carboxylic acid groups (broad SMARTS) is 1. The highest BCUT2D eigenvalue weighted by atomic mass is 16.6. The molecule has 0 aromatic heterocycles. The minimum atomic E-state index is -1.21. The first-order valence-corrected chi connectivity index (χ1v) is 6.04. The zero-order valence-corrected chi connectivity index (χ0v) is 11.4. The third kappa shape index (κ3) is 4.43. The highest BCUT2D eigenvalue weighted by Crippen LogP contribution is 2.27. The van der Waals surface area contributed by atoms with Gasteiger partial charge in [0.1, 0.15) is 5.75 Å². The van der Waals surface area contributed by atoms with Crippen molar-refractivity contribution in [3.05, 3.63) is 29.8 Å². The van der Waals surface area contributed by atoms with E-state index in [1.165, 1.54) is 4.90 Å². The molecular weight excluding hydrogens is 264 g/mol. The number of hydrogen-bond donors (Lipinski definition) is 3. The van der Waals surface area contributed by atoms with Crippen LogP contribution in [0.15, 0.2) is 24.3 Å². The van der Waals surface area contributed by atoms with Gasteiger partial charge in [-0.15, -0.1) is 0 Å². The van der Waals surface area contributed by atoms with E-state index in [2.05, 4.69) is 5.32 Å². The van der Waals surface area contributed by atoms with E-state index in [-0.39, 0.29) is 18.8 Å². The van der Waals surface area contributed by atoms with Crippen LogP contribution < -0.4 is 10.1 Å². The molecule has 0 aliphatic rings. The molecule has 0 bridgehead atoms. The SMILES string of the molecule is CN(C)C(=O)Oc1ccccc1C(CCO)NC(=O)O. The van der Waals surface area contributed by atoms with Crippen molar-refractivity contribution in [2.45, 2.75) is 12.5 Å². The summed E-state index contributed by atoms with van der Waals surface area (Å²) in [6.07, 6.45) is -1.59. The summed E-state index contributed by atoms with van der Waals surface area (Å²) in [5.74, 6) is 0.262. The van der Waals surface area contributed by atoms with Gasteiger partial charge in [-0.05, 0) is 12.5 Å². The predicted molar refractivity (Wildman–Crippen MR) is 71.8 cm³/mol. The summed E-state index contributed by atoms with van der Waals surface area (Å²) >= 11 is 0. The third-order valence-corrected chi connectivity index (χ3v) is 2.57. The van der Waals surface area contributed by atoms with E-state index in [0.29, 0.717) is 5.56 Å². The molecule has 7 heteroatoms. The second-order valence-corrected chi connectivity index (χ2v) is 4.31.